The molecule has 0 fully saturated rings. The highest BCUT2D eigenvalue weighted by Crippen LogP contribution is 2.36. The molecule has 0 unspecified atom stereocenters. The predicted octanol–water partition coefficient (Wildman–Crippen LogP) is 2.98. The van der Waals surface area contributed by atoms with Crippen LogP contribution in [-0.2, 0) is 11.2 Å². The maximum atomic E-state index is 12.7. The molecule has 32 heavy (non-hydrogen) atoms. The molecular formula is C25H24N2O5. The number of hydrogen-bond donors (Lipinski definition) is 1. The van der Waals surface area contributed by atoms with E-state index in [9.17, 15) is 14.4 Å². The molecule has 7 nitrogen and oxygen atoms in total. The summed E-state index contributed by atoms with van der Waals surface area (Å²) < 4.78 is 11.6. The Morgan fingerprint density at radius 1 is 1.00 bits per heavy atom. The Morgan fingerprint density at radius 2 is 1.69 bits per heavy atom. The molecule has 1 N–H and O–H groups in total. The van der Waals surface area contributed by atoms with Gasteiger partial charge < -0.3 is 14.8 Å². The third-order valence-electron chi connectivity index (χ3n) is 5.96. The van der Waals surface area contributed by atoms with Gasteiger partial charge in [-0.1, -0.05) is 12.1 Å². The second-order valence-corrected chi connectivity index (χ2v) is 8.12. The highest BCUT2D eigenvalue weighted by atomic mass is 16.5. The lowest BCUT2D eigenvalue weighted by molar-refractivity contribution is -0.114. The van der Waals surface area contributed by atoms with Crippen LogP contribution in [0.5, 0.6) is 11.5 Å². The van der Waals surface area contributed by atoms with Gasteiger partial charge in [-0.15, -0.1) is 0 Å². The summed E-state index contributed by atoms with van der Waals surface area (Å²) in [5.74, 6) is 0.831. The molecule has 0 bridgehead atoms. The minimum Gasteiger partial charge on any atom is -0.490 e. The lowest BCUT2D eigenvalue weighted by atomic mass is 9.96. The number of nitrogens with zero attached hydrogens (tertiary/aromatic N) is 1. The normalized spacial score (nSPS) is 18.1. The first-order valence-corrected chi connectivity index (χ1v) is 11.0. The van der Waals surface area contributed by atoms with Gasteiger partial charge in [0.15, 0.2) is 17.3 Å². The maximum absolute atomic E-state index is 12.7. The number of carbonyl (C=O) groups excluding carboxylic acids is 3. The molecule has 0 saturated carbocycles. The van der Waals surface area contributed by atoms with E-state index >= 15 is 0 Å². The van der Waals surface area contributed by atoms with E-state index < -0.39 is 0 Å². The van der Waals surface area contributed by atoms with Crippen molar-refractivity contribution in [3.05, 3.63) is 64.7 Å². The van der Waals surface area contributed by atoms with Crippen molar-refractivity contribution in [1.82, 2.24) is 10.2 Å². The number of benzene rings is 2. The van der Waals surface area contributed by atoms with Crippen LogP contribution in [0.3, 0.4) is 0 Å². The van der Waals surface area contributed by atoms with Gasteiger partial charge in [0.1, 0.15) is 0 Å². The van der Waals surface area contributed by atoms with E-state index in [2.05, 4.69) is 5.32 Å². The van der Waals surface area contributed by atoms with Crippen LogP contribution in [0.1, 0.15) is 51.1 Å². The molecule has 2 aromatic carbocycles. The minimum absolute atomic E-state index is 0.0518. The molecule has 3 heterocycles. The van der Waals surface area contributed by atoms with Crippen molar-refractivity contribution >= 4 is 23.3 Å². The van der Waals surface area contributed by atoms with Crippen LogP contribution in [0.2, 0.25) is 0 Å². The Bertz CT molecular complexity index is 1100. The summed E-state index contributed by atoms with van der Waals surface area (Å²) in [6.45, 7) is 2.21. The molecule has 3 aliphatic heterocycles. The fraction of sp³-hybridized carbons (Fsp3) is 0.320. The zero-order valence-electron chi connectivity index (χ0n) is 17.7. The smallest absolute Gasteiger partial charge is 0.261 e. The number of fused-ring (bicyclic) bond motifs is 3. The van der Waals surface area contributed by atoms with Crippen molar-refractivity contribution < 1.29 is 23.9 Å². The molecule has 2 aromatic rings. The zero-order chi connectivity index (χ0) is 22.1. The van der Waals surface area contributed by atoms with E-state index in [1.54, 1.807) is 30.3 Å². The molecule has 2 amide bonds. The number of carbonyl (C=O) groups is 3. The summed E-state index contributed by atoms with van der Waals surface area (Å²) in [5, 5.41) is 3.31. The van der Waals surface area contributed by atoms with Gasteiger partial charge in [-0.3, -0.25) is 19.3 Å². The van der Waals surface area contributed by atoms with E-state index in [-0.39, 0.29) is 30.6 Å². The Hall–Kier alpha value is -3.61. The lowest BCUT2D eigenvalue weighted by Crippen LogP contribution is -2.31. The first kappa shape index (κ1) is 20.3. The van der Waals surface area contributed by atoms with Crippen molar-refractivity contribution in [3.8, 4) is 11.5 Å². The number of allylic oxidation sites excluding steroid dienone is 1. The van der Waals surface area contributed by atoms with Gasteiger partial charge in [0.2, 0.25) is 0 Å². The average Bonchev–Trinajstić information content (AvgIpc) is 2.95. The summed E-state index contributed by atoms with van der Waals surface area (Å²) in [5.41, 5.74) is 3.71. The van der Waals surface area contributed by atoms with Crippen LogP contribution < -0.4 is 14.8 Å². The summed E-state index contributed by atoms with van der Waals surface area (Å²) in [4.78, 5) is 38.8. The van der Waals surface area contributed by atoms with Crippen LogP contribution in [-0.4, -0.2) is 48.8 Å². The van der Waals surface area contributed by atoms with Crippen molar-refractivity contribution in [2.75, 3.05) is 26.3 Å². The number of ketones is 1. The fourth-order valence-electron chi connectivity index (χ4n) is 4.35. The van der Waals surface area contributed by atoms with Crippen molar-refractivity contribution in [2.45, 2.75) is 25.7 Å². The molecule has 5 rings (SSSR count). The van der Waals surface area contributed by atoms with Crippen LogP contribution >= 0.6 is 0 Å². The SMILES string of the molecule is O=C(/C=C1\NCCc2cc3c(cc21)OCCCO3)CCCN1C(=O)c2ccccc2C1=O. The van der Waals surface area contributed by atoms with Crippen LogP contribution in [0.15, 0.2) is 42.5 Å². The molecule has 0 aromatic heterocycles. The second kappa shape index (κ2) is 8.49. The average molecular weight is 432 g/mol. The number of ether oxygens (including phenoxy) is 2. The van der Waals surface area contributed by atoms with Crippen molar-refractivity contribution in [3.63, 3.8) is 0 Å². The van der Waals surface area contributed by atoms with Crippen LogP contribution in [0.25, 0.3) is 5.70 Å². The number of rotatable bonds is 5. The van der Waals surface area contributed by atoms with Crippen molar-refractivity contribution in [2.24, 2.45) is 0 Å². The number of imide groups is 1. The molecule has 0 radical (unpaired) electrons. The molecular weight excluding hydrogens is 408 g/mol. The van der Waals surface area contributed by atoms with Gasteiger partial charge in [0, 0.05) is 43.3 Å². The Morgan fingerprint density at radius 3 is 2.41 bits per heavy atom. The largest absolute Gasteiger partial charge is 0.490 e. The summed E-state index contributed by atoms with van der Waals surface area (Å²) in [6.07, 6.45) is 3.97. The van der Waals surface area contributed by atoms with E-state index in [0.717, 1.165) is 42.0 Å². The standard InChI is InChI=1S/C25H24N2O5/c28-17(5-3-10-27-24(29)18-6-1-2-7-19(18)25(27)30)14-21-20-15-23-22(31-11-4-12-32-23)13-16(20)8-9-26-21/h1-2,6-7,13-15,26H,3-5,8-12H2/b21-14-. The third-order valence-corrected chi connectivity index (χ3v) is 5.96. The molecule has 0 aliphatic carbocycles. The van der Waals surface area contributed by atoms with E-state index in [4.69, 9.17) is 9.47 Å². The van der Waals surface area contributed by atoms with E-state index in [0.29, 0.717) is 36.5 Å². The third kappa shape index (κ3) is 3.75. The zero-order valence-corrected chi connectivity index (χ0v) is 17.7. The van der Waals surface area contributed by atoms with Crippen molar-refractivity contribution in [1.29, 1.82) is 0 Å². The van der Waals surface area contributed by atoms with Gasteiger partial charge >= 0.3 is 0 Å². The molecule has 0 spiro atoms. The highest BCUT2D eigenvalue weighted by Gasteiger charge is 2.34. The summed E-state index contributed by atoms with van der Waals surface area (Å²) in [6, 6.07) is 10.8. The van der Waals surface area contributed by atoms with Gasteiger partial charge in [-0.05, 0) is 42.7 Å². The van der Waals surface area contributed by atoms with Crippen LogP contribution in [0.4, 0.5) is 0 Å². The second-order valence-electron chi connectivity index (χ2n) is 8.12. The number of nitrogens with one attached hydrogen (secondary N) is 1. The van der Waals surface area contributed by atoms with Crippen LogP contribution in [0, 0.1) is 0 Å². The molecule has 0 atom stereocenters. The van der Waals surface area contributed by atoms with E-state index in [1.807, 2.05) is 12.1 Å². The Kier molecular flexibility index (Phi) is 5.39. The Labute approximate surface area is 186 Å². The molecule has 0 saturated heterocycles. The summed E-state index contributed by atoms with van der Waals surface area (Å²) >= 11 is 0. The lowest BCUT2D eigenvalue weighted by Gasteiger charge is -2.23. The summed E-state index contributed by atoms with van der Waals surface area (Å²) in [7, 11) is 0. The fourth-order valence-corrected chi connectivity index (χ4v) is 4.35. The topological polar surface area (TPSA) is 84.9 Å². The number of hydrogen-bond acceptors (Lipinski definition) is 6. The first-order chi connectivity index (χ1) is 15.6. The molecule has 164 valence electrons. The number of amides is 2. The van der Waals surface area contributed by atoms with Gasteiger partial charge in [0.05, 0.1) is 24.3 Å². The molecule has 7 heteroatoms. The highest BCUT2D eigenvalue weighted by molar-refractivity contribution is 6.21. The predicted molar refractivity (Wildman–Crippen MR) is 118 cm³/mol. The van der Waals surface area contributed by atoms with E-state index in [1.165, 1.54) is 4.90 Å². The quantitative estimate of drug-likeness (QED) is 0.578. The monoisotopic (exact) mass is 432 g/mol. The molecule has 3 aliphatic rings. The maximum Gasteiger partial charge on any atom is 0.261 e. The first-order valence-electron chi connectivity index (χ1n) is 11.0. The Balaban J connectivity index is 1.25. The minimum atomic E-state index is -0.290. The van der Waals surface area contributed by atoms with Gasteiger partial charge in [-0.25, -0.2) is 0 Å². The van der Waals surface area contributed by atoms with Gasteiger partial charge in [-0.2, -0.15) is 0 Å². The van der Waals surface area contributed by atoms with Gasteiger partial charge in [0.25, 0.3) is 11.8 Å².